The third-order valence-electron chi connectivity index (χ3n) is 3.56. The molecule has 0 radical (unpaired) electrons. The summed E-state index contributed by atoms with van der Waals surface area (Å²) in [5, 5.41) is 11.2. The second-order valence-corrected chi connectivity index (χ2v) is 6.86. The maximum absolute atomic E-state index is 13.6. The van der Waals surface area contributed by atoms with Crippen LogP contribution in [0, 0.1) is 15.9 Å². The van der Waals surface area contributed by atoms with Gasteiger partial charge in [0.25, 0.3) is 15.9 Å². The third kappa shape index (κ3) is 3.25. The highest BCUT2D eigenvalue weighted by Gasteiger charge is 2.21. The van der Waals surface area contributed by atoms with Gasteiger partial charge in [-0.05, 0) is 24.3 Å². The Balaban J connectivity index is 1.80. The van der Waals surface area contributed by atoms with Crippen molar-refractivity contribution in [2.24, 2.45) is 0 Å². The van der Waals surface area contributed by atoms with Gasteiger partial charge < -0.3 is 4.98 Å². The van der Waals surface area contributed by atoms with Gasteiger partial charge in [0, 0.05) is 29.2 Å². The minimum Gasteiger partial charge on any atom is -0.361 e. The number of nitro benzene ring substituents is 1. The SMILES string of the molecule is O=C(NNS(=O)(=O)c1ccc([N+](=O)[O-])c(F)c1)c1cccc2[nH]ccc12. The van der Waals surface area contributed by atoms with Crippen molar-refractivity contribution >= 4 is 32.5 Å². The van der Waals surface area contributed by atoms with Gasteiger partial charge in [0.05, 0.1) is 15.4 Å². The highest BCUT2D eigenvalue weighted by Crippen LogP contribution is 2.21. The van der Waals surface area contributed by atoms with Crippen molar-refractivity contribution in [1.82, 2.24) is 15.2 Å². The first kappa shape index (κ1) is 17.5. The fraction of sp³-hybridized carbons (Fsp3) is 0. The van der Waals surface area contributed by atoms with Crippen LogP contribution in [0.1, 0.15) is 10.4 Å². The van der Waals surface area contributed by atoms with Crippen molar-refractivity contribution < 1.29 is 22.5 Å². The Bertz CT molecular complexity index is 1130. The highest BCUT2D eigenvalue weighted by molar-refractivity contribution is 7.89. The van der Waals surface area contributed by atoms with E-state index in [9.17, 15) is 27.7 Å². The molecule has 0 unspecified atom stereocenters. The molecule has 3 N–H and O–H groups in total. The van der Waals surface area contributed by atoms with Gasteiger partial charge in [-0.15, -0.1) is 4.83 Å². The molecule has 11 heteroatoms. The van der Waals surface area contributed by atoms with Crippen molar-refractivity contribution in [2.45, 2.75) is 4.90 Å². The van der Waals surface area contributed by atoms with E-state index in [2.05, 4.69) is 4.98 Å². The molecule has 134 valence electrons. The number of nitro groups is 1. The normalized spacial score (nSPS) is 11.4. The minimum absolute atomic E-state index is 0.223. The molecule has 0 aliphatic rings. The van der Waals surface area contributed by atoms with Crippen molar-refractivity contribution in [1.29, 1.82) is 0 Å². The molecule has 0 saturated heterocycles. The molecule has 0 bridgehead atoms. The van der Waals surface area contributed by atoms with Crippen molar-refractivity contribution in [3.8, 4) is 0 Å². The molecule has 2 aromatic carbocycles. The van der Waals surface area contributed by atoms with E-state index in [0.29, 0.717) is 17.0 Å². The van der Waals surface area contributed by atoms with Crippen LogP contribution >= 0.6 is 0 Å². The molecule has 3 rings (SSSR count). The van der Waals surface area contributed by atoms with E-state index in [0.717, 1.165) is 12.1 Å². The zero-order valence-corrected chi connectivity index (χ0v) is 13.7. The van der Waals surface area contributed by atoms with Gasteiger partial charge >= 0.3 is 5.69 Å². The van der Waals surface area contributed by atoms with E-state index < -0.39 is 37.3 Å². The molecule has 1 heterocycles. The molecular weight excluding hydrogens is 367 g/mol. The smallest absolute Gasteiger partial charge is 0.304 e. The van der Waals surface area contributed by atoms with Crippen LogP contribution in [0.5, 0.6) is 0 Å². The Kier molecular flexibility index (Phi) is 4.40. The van der Waals surface area contributed by atoms with E-state index >= 15 is 0 Å². The molecule has 0 fully saturated rings. The number of nitrogens with zero attached hydrogens (tertiary/aromatic N) is 1. The topological polar surface area (TPSA) is 134 Å². The summed E-state index contributed by atoms with van der Waals surface area (Å²) in [6.45, 7) is 0. The summed E-state index contributed by atoms with van der Waals surface area (Å²) in [6.07, 6.45) is 1.63. The Morgan fingerprint density at radius 3 is 2.65 bits per heavy atom. The molecule has 9 nitrogen and oxygen atoms in total. The summed E-state index contributed by atoms with van der Waals surface area (Å²) >= 11 is 0. The molecule has 0 atom stereocenters. The number of H-pyrrole nitrogens is 1. The third-order valence-corrected chi connectivity index (χ3v) is 4.81. The van der Waals surface area contributed by atoms with E-state index in [1.54, 1.807) is 24.4 Å². The van der Waals surface area contributed by atoms with E-state index in [1.807, 2.05) is 10.3 Å². The number of carbonyl (C=O) groups excluding carboxylic acids is 1. The number of hydrogen-bond acceptors (Lipinski definition) is 5. The van der Waals surface area contributed by atoms with Gasteiger partial charge in [-0.1, -0.05) is 6.07 Å². The summed E-state index contributed by atoms with van der Waals surface area (Å²) in [4.78, 5) is 26.0. The number of hydrazine groups is 1. The lowest BCUT2D eigenvalue weighted by atomic mass is 10.1. The number of nitrogens with one attached hydrogen (secondary N) is 3. The molecule has 0 aliphatic carbocycles. The second-order valence-electron chi connectivity index (χ2n) is 5.17. The maximum Gasteiger partial charge on any atom is 0.304 e. The van der Waals surface area contributed by atoms with Crippen molar-refractivity contribution in [3.63, 3.8) is 0 Å². The van der Waals surface area contributed by atoms with Gasteiger partial charge in [0.2, 0.25) is 5.82 Å². The quantitative estimate of drug-likeness (QED) is 0.460. The first-order valence-electron chi connectivity index (χ1n) is 7.12. The van der Waals surface area contributed by atoms with Crippen molar-refractivity contribution in [2.75, 3.05) is 0 Å². The number of aromatic amines is 1. The van der Waals surface area contributed by atoms with Gasteiger partial charge in [-0.25, -0.2) is 8.42 Å². The molecule has 0 saturated carbocycles. The predicted octanol–water partition coefficient (Wildman–Crippen LogP) is 1.84. The average Bonchev–Trinajstić information content (AvgIpc) is 3.08. The number of sulfonamides is 1. The van der Waals surface area contributed by atoms with Gasteiger partial charge in [-0.2, -0.15) is 4.39 Å². The first-order chi connectivity index (χ1) is 12.3. The van der Waals surface area contributed by atoms with Crippen LogP contribution in [-0.4, -0.2) is 24.2 Å². The summed E-state index contributed by atoms with van der Waals surface area (Å²) in [5.41, 5.74) is 2.09. The Morgan fingerprint density at radius 1 is 1.19 bits per heavy atom. The number of hydrogen-bond donors (Lipinski definition) is 3. The van der Waals surface area contributed by atoms with Crippen LogP contribution in [0.3, 0.4) is 0 Å². The standard InChI is InChI=1S/C15H11FN4O5S/c16-12-8-9(4-5-14(12)20(22)23)26(24,25)19-18-15(21)11-2-1-3-13-10(11)6-7-17-13/h1-8,17,19H,(H,18,21). The van der Waals surface area contributed by atoms with Crippen LogP contribution in [0.25, 0.3) is 10.9 Å². The van der Waals surface area contributed by atoms with Crippen LogP contribution in [0.15, 0.2) is 53.6 Å². The van der Waals surface area contributed by atoms with Gasteiger partial charge in [-0.3, -0.25) is 20.3 Å². The van der Waals surface area contributed by atoms with E-state index in [1.165, 1.54) is 6.07 Å². The Morgan fingerprint density at radius 2 is 1.96 bits per heavy atom. The van der Waals surface area contributed by atoms with Crippen LogP contribution in [0.4, 0.5) is 10.1 Å². The number of benzene rings is 2. The fourth-order valence-electron chi connectivity index (χ4n) is 2.33. The number of fused-ring (bicyclic) bond motifs is 1. The summed E-state index contributed by atoms with van der Waals surface area (Å²) in [7, 11) is -4.32. The molecule has 3 aromatic rings. The lowest BCUT2D eigenvalue weighted by Crippen LogP contribution is -2.41. The zero-order chi connectivity index (χ0) is 18.9. The molecule has 1 aromatic heterocycles. The lowest BCUT2D eigenvalue weighted by Gasteiger charge is -2.09. The number of halogens is 1. The second kappa shape index (κ2) is 6.54. The van der Waals surface area contributed by atoms with Crippen LogP contribution in [-0.2, 0) is 10.0 Å². The first-order valence-corrected chi connectivity index (χ1v) is 8.60. The summed E-state index contributed by atoms with van der Waals surface area (Å²) in [6, 6.07) is 8.62. The minimum atomic E-state index is -4.32. The van der Waals surface area contributed by atoms with Gasteiger partial charge in [0.1, 0.15) is 0 Å². The molecular formula is C15H11FN4O5S. The average molecular weight is 378 g/mol. The monoisotopic (exact) mass is 378 g/mol. The highest BCUT2D eigenvalue weighted by atomic mass is 32.2. The molecule has 0 aliphatic heterocycles. The Labute approximate surface area is 146 Å². The van der Waals surface area contributed by atoms with Crippen molar-refractivity contribution in [3.05, 3.63) is 70.2 Å². The van der Waals surface area contributed by atoms with E-state index in [-0.39, 0.29) is 5.56 Å². The predicted molar refractivity (Wildman–Crippen MR) is 89.1 cm³/mol. The summed E-state index contributed by atoms with van der Waals surface area (Å²) < 4.78 is 37.9. The van der Waals surface area contributed by atoms with E-state index in [4.69, 9.17) is 0 Å². The van der Waals surface area contributed by atoms with Crippen LogP contribution < -0.4 is 10.3 Å². The number of aromatic nitrogens is 1. The number of amides is 1. The maximum atomic E-state index is 13.6. The van der Waals surface area contributed by atoms with Gasteiger partial charge in [0.15, 0.2) is 0 Å². The van der Waals surface area contributed by atoms with Crippen LogP contribution in [0.2, 0.25) is 0 Å². The fourth-order valence-corrected chi connectivity index (χ4v) is 3.18. The Hall–Kier alpha value is -3.31. The largest absolute Gasteiger partial charge is 0.361 e. The summed E-state index contributed by atoms with van der Waals surface area (Å²) in [5.74, 6) is -2.03. The lowest BCUT2D eigenvalue weighted by molar-refractivity contribution is -0.387. The molecule has 0 spiro atoms. The number of carbonyl (C=O) groups is 1. The molecule has 26 heavy (non-hydrogen) atoms. The number of rotatable bonds is 5. The molecule has 1 amide bonds. The zero-order valence-electron chi connectivity index (χ0n) is 12.9.